The van der Waals surface area contributed by atoms with Crippen molar-refractivity contribution >= 4 is 0 Å². The minimum absolute atomic E-state index is 0.448. The SMILES string of the molecule is CO[C@H]1C[C@H](N(Cc2ccccc2)Cc2ccccc2)C1. The second-order valence-corrected chi connectivity index (χ2v) is 5.86. The molecule has 0 atom stereocenters. The van der Waals surface area contributed by atoms with Crippen molar-refractivity contribution < 1.29 is 4.74 Å². The molecule has 1 fully saturated rings. The van der Waals surface area contributed by atoms with Gasteiger partial charge in [0.1, 0.15) is 0 Å². The lowest BCUT2D eigenvalue weighted by Crippen LogP contribution is -2.47. The van der Waals surface area contributed by atoms with Crippen LogP contribution in [0.2, 0.25) is 0 Å². The van der Waals surface area contributed by atoms with Crippen LogP contribution >= 0.6 is 0 Å². The fourth-order valence-electron chi connectivity index (χ4n) is 2.98. The number of methoxy groups -OCH3 is 1. The molecule has 0 heterocycles. The summed E-state index contributed by atoms with van der Waals surface area (Å²) in [6, 6.07) is 22.1. The number of nitrogens with zero attached hydrogens (tertiary/aromatic N) is 1. The van der Waals surface area contributed by atoms with Crippen LogP contribution in [0.1, 0.15) is 24.0 Å². The van der Waals surface area contributed by atoms with Crippen molar-refractivity contribution in [3.63, 3.8) is 0 Å². The summed E-state index contributed by atoms with van der Waals surface area (Å²) in [6.45, 7) is 2.02. The molecule has 0 radical (unpaired) electrons. The van der Waals surface area contributed by atoms with Crippen LogP contribution in [0, 0.1) is 0 Å². The largest absolute Gasteiger partial charge is 0.381 e. The van der Waals surface area contributed by atoms with Gasteiger partial charge < -0.3 is 4.74 Å². The van der Waals surface area contributed by atoms with Gasteiger partial charge in [-0.2, -0.15) is 0 Å². The Balaban J connectivity index is 1.69. The third-order valence-corrected chi connectivity index (χ3v) is 4.38. The van der Waals surface area contributed by atoms with Crippen LogP contribution in [0.15, 0.2) is 60.7 Å². The molecule has 110 valence electrons. The van der Waals surface area contributed by atoms with Gasteiger partial charge in [-0.15, -0.1) is 0 Å². The van der Waals surface area contributed by atoms with Gasteiger partial charge in [-0.25, -0.2) is 0 Å². The van der Waals surface area contributed by atoms with E-state index in [9.17, 15) is 0 Å². The molecule has 3 rings (SSSR count). The average molecular weight is 281 g/mol. The lowest BCUT2D eigenvalue weighted by molar-refractivity contribution is -0.0328. The molecular weight excluding hydrogens is 258 g/mol. The number of benzene rings is 2. The van der Waals surface area contributed by atoms with E-state index in [1.54, 1.807) is 0 Å². The summed E-state index contributed by atoms with van der Waals surface area (Å²) >= 11 is 0. The van der Waals surface area contributed by atoms with E-state index in [2.05, 4.69) is 65.6 Å². The maximum Gasteiger partial charge on any atom is 0.0601 e. The number of rotatable bonds is 6. The normalized spacial score (nSPS) is 21.2. The molecule has 2 aromatic rings. The third kappa shape index (κ3) is 3.72. The van der Waals surface area contributed by atoms with Crippen molar-refractivity contribution in [1.82, 2.24) is 4.90 Å². The maximum atomic E-state index is 5.44. The molecule has 21 heavy (non-hydrogen) atoms. The highest BCUT2D eigenvalue weighted by Crippen LogP contribution is 2.30. The highest BCUT2D eigenvalue weighted by Gasteiger charge is 2.33. The van der Waals surface area contributed by atoms with Crippen LogP contribution in [0.3, 0.4) is 0 Å². The van der Waals surface area contributed by atoms with Crippen LogP contribution in [-0.2, 0) is 17.8 Å². The first-order valence-corrected chi connectivity index (χ1v) is 7.70. The van der Waals surface area contributed by atoms with Crippen LogP contribution in [0.5, 0.6) is 0 Å². The quantitative estimate of drug-likeness (QED) is 0.797. The third-order valence-electron chi connectivity index (χ3n) is 4.38. The fraction of sp³-hybridized carbons (Fsp3) is 0.368. The van der Waals surface area contributed by atoms with Crippen LogP contribution in [0.4, 0.5) is 0 Å². The Kier molecular flexibility index (Phi) is 4.69. The first-order chi connectivity index (χ1) is 10.3. The Morgan fingerprint density at radius 1 is 0.857 bits per heavy atom. The second-order valence-electron chi connectivity index (χ2n) is 5.86. The summed E-state index contributed by atoms with van der Waals surface area (Å²) in [7, 11) is 1.82. The maximum absolute atomic E-state index is 5.44. The molecule has 1 saturated carbocycles. The summed E-state index contributed by atoms with van der Waals surface area (Å²) in [5.74, 6) is 0. The molecule has 0 unspecified atom stereocenters. The van der Waals surface area contributed by atoms with Crippen molar-refractivity contribution in [3.8, 4) is 0 Å². The van der Waals surface area contributed by atoms with Crippen LogP contribution in [0.25, 0.3) is 0 Å². The first-order valence-electron chi connectivity index (χ1n) is 7.70. The molecule has 0 aliphatic heterocycles. The second kappa shape index (κ2) is 6.88. The Hall–Kier alpha value is -1.64. The molecule has 0 spiro atoms. The number of ether oxygens (including phenoxy) is 1. The van der Waals surface area contributed by atoms with E-state index in [0.29, 0.717) is 12.1 Å². The molecular formula is C19H23NO. The van der Waals surface area contributed by atoms with Crippen molar-refractivity contribution in [3.05, 3.63) is 71.8 Å². The highest BCUT2D eigenvalue weighted by molar-refractivity contribution is 5.17. The standard InChI is InChI=1S/C19H23NO/c1-21-19-12-18(13-19)20(14-16-8-4-2-5-9-16)15-17-10-6-3-7-11-17/h2-11,18-19H,12-15H2,1H3/t18-,19-. The molecule has 0 aromatic heterocycles. The highest BCUT2D eigenvalue weighted by atomic mass is 16.5. The summed E-state index contributed by atoms with van der Waals surface area (Å²) in [6.07, 6.45) is 2.75. The van der Waals surface area contributed by atoms with Gasteiger partial charge in [-0.3, -0.25) is 4.90 Å². The van der Waals surface area contributed by atoms with E-state index < -0.39 is 0 Å². The molecule has 2 aromatic carbocycles. The lowest BCUT2D eigenvalue weighted by Gasteiger charge is -2.42. The van der Waals surface area contributed by atoms with E-state index in [1.165, 1.54) is 11.1 Å². The smallest absolute Gasteiger partial charge is 0.0601 e. The van der Waals surface area contributed by atoms with Crippen molar-refractivity contribution in [2.75, 3.05) is 7.11 Å². The van der Waals surface area contributed by atoms with Gasteiger partial charge in [0.2, 0.25) is 0 Å². The average Bonchev–Trinajstić information content (AvgIpc) is 2.48. The summed E-state index contributed by atoms with van der Waals surface area (Å²) in [4.78, 5) is 2.58. The molecule has 2 heteroatoms. The van der Waals surface area contributed by atoms with E-state index in [-0.39, 0.29) is 0 Å². The number of hydrogen-bond donors (Lipinski definition) is 0. The summed E-state index contributed by atoms with van der Waals surface area (Å²) in [5.41, 5.74) is 2.77. The van der Waals surface area contributed by atoms with Gasteiger partial charge in [0, 0.05) is 26.2 Å². The Bertz CT molecular complexity index is 493. The van der Waals surface area contributed by atoms with E-state index >= 15 is 0 Å². The summed E-state index contributed by atoms with van der Waals surface area (Å²) < 4.78 is 5.44. The zero-order valence-corrected chi connectivity index (χ0v) is 12.6. The van der Waals surface area contributed by atoms with E-state index in [0.717, 1.165) is 25.9 Å². The predicted molar refractivity (Wildman–Crippen MR) is 86.0 cm³/mol. The molecule has 1 aliphatic rings. The summed E-state index contributed by atoms with van der Waals surface area (Å²) in [5, 5.41) is 0. The zero-order valence-electron chi connectivity index (χ0n) is 12.6. The number of hydrogen-bond acceptors (Lipinski definition) is 2. The molecule has 2 nitrogen and oxygen atoms in total. The van der Waals surface area contributed by atoms with Crippen molar-refractivity contribution in [2.45, 2.75) is 38.1 Å². The van der Waals surface area contributed by atoms with Gasteiger partial charge in [-0.05, 0) is 24.0 Å². The van der Waals surface area contributed by atoms with Gasteiger partial charge in [0.25, 0.3) is 0 Å². The molecule has 0 saturated heterocycles. The minimum Gasteiger partial charge on any atom is -0.381 e. The monoisotopic (exact) mass is 281 g/mol. The molecule has 1 aliphatic carbocycles. The van der Waals surface area contributed by atoms with Gasteiger partial charge in [-0.1, -0.05) is 60.7 Å². The van der Waals surface area contributed by atoms with Gasteiger partial charge in [0.15, 0.2) is 0 Å². The Morgan fingerprint density at radius 3 is 1.76 bits per heavy atom. The predicted octanol–water partition coefficient (Wildman–Crippen LogP) is 3.87. The zero-order chi connectivity index (χ0) is 14.5. The van der Waals surface area contributed by atoms with Crippen molar-refractivity contribution in [2.24, 2.45) is 0 Å². The Morgan fingerprint density at radius 2 is 1.33 bits per heavy atom. The van der Waals surface area contributed by atoms with E-state index in [1.807, 2.05) is 7.11 Å². The van der Waals surface area contributed by atoms with Crippen LogP contribution < -0.4 is 0 Å². The van der Waals surface area contributed by atoms with Crippen LogP contribution in [-0.4, -0.2) is 24.2 Å². The fourth-order valence-corrected chi connectivity index (χ4v) is 2.98. The molecule has 0 amide bonds. The lowest BCUT2D eigenvalue weighted by atomic mass is 9.87. The molecule has 0 N–H and O–H groups in total. The Labute approximate surface area is 127 Å². The topological polar surface area (TPSA) is 12.5 Å². The van der Waals surface area contributed by atoms with E-state index in [4.69, 9.17) is 4.74 Å². The molecule has 0 bridgehead atoms. The van der Waals surface area contributed by atoms with Gasteiger partial charge in [0.05, 0.1) is 6.10 Å². The van der Waals surface area contributed by atoms with Gasteiger partial charge >= 0.3 is 0 Å². The first kappa shape index (κ1) is 14.3. The van der Waals surface area contributed by atoms with Crippen molar-refractivity contribution in [1.29, 1.82) is 0 Å². The minimum atomic E-state index is 0.448.